The summed E-state index contributed by atoms with van der Waals surface area (Å²) in [6.07, 6.45) is 16.2. The number of allylic oxidation sites excluding steroid dienone is 4. The van der Waals surface area contributed by atoms with Crippen LogP contribution in [0.1, 0.15) is 72.6 Å². The van der Waals surface area contributed by atoms with Crippen LogP contribution in [-0.4, -0.2) is 19.0 Å². The molecule has 3 aliphatic carbocycles. The van der Waals surface area contributed by atoms with Gasteiger partial charge in [-0.25, -0.2) is 0 Å². The Morgan fingerprint density at radius 1 is 1.04 bits per heavy atom. The van der Waals surface area contributed by atoms with Crippen molar-refractivity contribution in [3.05, 3.63) is 23.8 Å². The second-order valence-corrected chi connectivity index (χ2v) is 9.35. The van der Waals surface area contributed by atoms with Gasteiger partial charge in [-0.05, 0) is 56.8 Å². The van der Waals surface area contributed by atoms with Crippen molar-refractivity contribution in [1.29, 1.82) is 0 Å². The van der Waals surface area contributed by atoms with Gasteiger partial charge in [-0.2, -0.15) is 0 Å². The quantitative estimate of drug-likeness (QED) is 0.579. The maximum Gasteiger partial charge on any atom is 0.173 e. The zero-order valence-corrected chi connectivity index (χ0v) is 16.0. The highest BCUT2D eigenvalue weighted by Gasteiger charge is 2.65. The van der Waals surface area contributed by atoms with Crippen molar-refractivity contribution in [3.63, 3.8) is 0 Å². The summed E-state index contributed by atoms with van der Waals surface area (Å²) in [5.41, 5.74) is 2.44. The van der Waals surface area contributed by atoms with E-state index in [9.17, 15) is 0 Å². The fourth-order valence-corrected chi connectivity index (χ4v) is 7.00. The molecule has 4 rings (SSSR count). The molecule has 1 aliphatic heterocycles. The zero-order valence-electron chi connectivity index (χ0n) is 16.0. The molecule has 2 nitrogen and oxygen atoms in total. The van der Waals surface area contributed by atoms with Gasteiger partial charge < -0.3 is 9.47 Å². The Hall–Kier alpha value is -0.600. The fourth-order valence-electron chi connectivity index (χ4n) is 7.00. The molecule has 0 unspecified atom stereocenters. The van der Waals surface area contributed by atoms with E-state index in [0.717, 1.165) is 19.6 Å². The van der Waals surface area contributed by atoms with Crippen molar-refractivity contribution >= 4 is 0 Å². The minimum Gasteiger partial charge on any atom is -0.347 e. The van der Waals surface area contributed by atoms with E-state index in [0.29, 0.717) is 16.7 Å². The van der Waals surface area contributed by atoms with Crippen LogP contribution in [0.25, 0.3) is 0 Å². The van der Waals surface area contributed by atoms with Crippen LogP contribution >= 0.6 is 0 Å². The molecular formula is C22H34O2. The Labute approximate surface area is 147 Å². The van der Waals surface area contributed by atoms with Crippen LogP contribution in [0, 0.1) is 22.2 Å². The predicted molar refractivity (Wildman–Crippen MR) is 97.7 cm³/mol. The second kappa shape index (κ2) is 5.45. The van der Waals surface area contributed by atoms with Crippen LogP contribution < -0.4 is 0 Å². The molecule has 0 N–H and O–H groups in total. The first-order valence-electron chi connectivity index (χ1n) is 10.0. The lowest BCUT2D eigenvalue weighted by atomic mass is 9.42. The number of hydrogen-bond acceptors (Lipinski definition) is 2. The highest BCUT2D eigenvalue weighted by molar-refractivity contribution is 5.35. The summed E-state index contributed by atoms with van der Waals surface area (Å²) < 4.78 is 12.5. The first-order chi connectivity index (χ1) is 11.4. The summed E-state index contributed by atoms with van der Waals surface area (Å²) in [6, 6.07) is 0. The Kier molecular flexibility index (Phi) is 3.82. The van der Waals surface area contributed by atoms with Gasteiger partial charge in [-0.1, -0.05) is 44.6 Å². The van der Waals surface area contributed by atoms with Gasteiger partial charge in [0.2, 0.25) is 0 Å². The molecule has 2 saturated carbocycles. The third-order valence-electron chi connectivity index (χ3n) is 8.04. The SMILES string of the molecule is C/C=C/[C@]12CCCC=C1[C@@]1(C)CCC3(OCCO3)C(C)(C)[C@@H]1CC2. The lowest BCUT2D eigenvalue weighted by Gasteiger charge is -2.64. The van der Waals surface area contributed by atoms with Gasteiger partial charge in [0.15, 0.2) is 5.79 Å². The Bertz CT molecular complexity index is 567. The molecule has 1 spiro atoms. The average molecular weight is 331 g/mol. The summed E-state index contributed by atoms with van der Waals surface area (Å²) in [4.78, 5) is 0. The molecule has 0 aromatic heterocycles. The van der Waals surface area contributed by atoms with Gasteiger partial charge in [0.25, 0.3) is 0 Å². The predicted octanol–water partition coefficient (Wildman–Crippen LogP) is 5.64. The molecule has 0 bridgehead atoms. The molecule has 2 heteroatoms. The average Bonchev–Trinajstić information content (AvgIpc) is 3.03. The Morgan fingerprint density at radius 2 is 1.79 bits per heavy atom. The fraction of sp³-hybridized carbons (Fsp3) is 0.818. The minimum atomic E-state index is -0.340. The van der Waals surface area contributed by atoms with Crippen LogP contribution in [0.15, 0.2) is 23.8 Å². The molecule has 24 heavy (non-hydrogen) atoms. The van der Waals surface area contributed by atoms with E-state index in [1.54, 1.807) is 5.57 Å². The van der Waals surface area contributed by atoms with Gasteiger partial charge in [0, 0.05) is 17.3 Å². The van der Waals surface area contributed by atoms with E-state index >= 15 is 0 Å². The smallest absolute Gasteiger partial charge is 0.173 e. The van der Waals surface area contributed by atoms with Gasteiger partial charge in [-0.15, -0.1) is 0 Å². The first kappa shape index (κ1) is 16.8. The van der Waals surface area contributed by atoms with Crippen LogP contribution in [-0.2, 0) is 9.47 Å². The maximum atomic E-state index is 6.24. The molecular weight excluding hydrogens is 296 g/mol. The van der Waals surface area contributed by atoms with E-state index in [-0.39, 0.29) is 11.2 Å². The van der Waals surface area contributed by atoms with Gasteiger partial charge >= 0.3 is 0 Å². The number of ether oxygens (including phenoxy) is 2. The Morgan fingerprint density at radius 3 is 2.50 bits per heavy atom. The van der Waals surface area contributed by atoms with Gasteiger partial charge in [-0.3, -0.25) is 0 Å². The third-order valence-corrected chi connectivity index (χ3v) is 8.04. The molecule has 0 radical (unpaired) electrons. The minimum absolute atomic E-state index is 0.0663. The monoisotopic (exact) mass is 330 g/mol. The number of hydrogen-bond donors (Lipinski definition) is 0. The van der Waals surface area contributed by atoms with Crippen molar-refractivity contribution in [1.82, 2.24) is 0 Å². The van der Waals surface area contributed by atoms with Crippen LogP contribution in [0.4, 0.5) is 0 Å². The summed E-state index contributed by atoms with van der Waals surface area (Å²) in [5, 5.41) is 0. The molecule has 3 fully saturated rings. The van der Waals surface area contributed by atoms with Crippen molar-refractivity contribution in [2.24, 2.45) is 22.2 Å². The second-order valence-electron chi connectivity index (χ2n) is 9.35. The Balaban J connectivity index is 1.77. The van der Waals surface area contributed by atoms with Gasteiger partial charge in [0.1, 0.15) is 0 Å². The summed E-state index contributed by atoms with van der Waals surface area (Å²) in [5.74, 6) is 0.298. The zero-order chi connectivity index (χ0) is 17.1. The van der Waals surface area contributed by atoms with E-state index in [4.69, 9.17) is 9.47 Å². The topological polar surface area (TPSA) is 18.5 Å². The number of rotatable bonds is 1. The van der Waals surface area contributed by atoms with Crippen molar-refractivity contribution in [3.8, 4) is 0 Å². The van der Waals surface area contributed by atoms with Crippen LogP contribution in [0.3, 0.4) is 0 Å². The number of fused-ring (bicyclic) bond motifs is 3. The summed E-state index contributed by atoms with van der Waals surface area (Å²) in [7, 11) is 0. The molecule has 1 saturated heterocycles. The van der Waals surface area contributed by atoms with E-state index in [1.807, 2.05) is 0 Å². The van der Waals surface area contributed by atoms with E-state index in [1.165, 1.54) is 38.5 Å². The molecule has 0 aromatic carbocycles. The lowest BCUT2D eigenvalue weighted by Crippen LogP contribution is -2.61. The summed E-state index contributed by atoms with van der Waals surface area (Å²) >= 11 is 0. The van der Waals surface area contributed by atoms with E-state index < -0.39 is 0 Å². The largest absolute Gasteiger partial charge is 0.347 e. The van der Waals surface area contributed by atoms with Crippen LogP contribution in [0.2, 0.25) is 0 Å². The maximum absolute atomic E-state index is 6.24. The highest BCUT2D eigenvalue weighted by Crippen LogP contribution is 2.69. The molecule has 0 aromatic rings. The molecule has 4 aliphatic rings. The van der Waals surface area contributed by atoms with E-state index in [2.05, 4.69) is 45.9 Å². The van der Waals surface area contributed by atoms with Crippen molar-refractivity contribution in [2.45, 2.75) is 78.4 Å². The molecule has 134 valence electrons. The first-order valence-corrected chi connectivity index (χ1v) is 10.0. The van der Waals surface area contributed by atoms with Crippen molar-refractivity contribution in [2.75, 3.05) is 13.2 Å². The molecule has 1 heterocycles. The van der Waals surface area contributed by atoms with Crippen LogP contribution in [0.5, 0.6) is 0 Å². The third kappa shape index (κ3) is 2.02. The molecule has 3 atom stereocenters. The van der Waals surface area contributed by atoms with Gasteiger partial charge in [0.05, 0.1) is 13.2 Å². The standard InChI is InChI=1S/C22H34O2/c1-5-10-21-11-7-6-8-18(21)20(4)13-14-22(23-15-16-24-22)19(2,3)17(20)9-12-21/h5,8,10,17H,6-7,9,11-16H2,1-4H3/b10-5+/t17-,20-,21+/m0/s1. The normalized spacial score (nSPS) is 43.5. The molecule has 0 amide bonds. The lowest BCUT2D eigenvalue weighted by molar-refractivity contribution is -0.284. The summed E-state index contributed by atoms with van der Waals surface area (Å²) in [6.45, 7) is 11.1. The highest BCUT2D eigenvalue weighted by atomic mass is 16.7. The van der Waals surface area contributed by atoms with Crippen molar-refractivity contribution < 1.29 is 9.47 Å².